The number of oxazole rings is 1. The quantitative estimate of drug-likeness (QED) is 0.750. The zero-order valence-corrected chi connectivity index (χ0v) is 14.0. The van der Waals surface area contributed by atoms with Crippen LogP contribution in [0.2, 0.25) is 0 Å². The third-order valence-corrected chi connectivity index (χ3v) is 4.25. The molecule has 1 aliphatic carbocycles. The van der Waals surface area contributed by atoms with E-state index in [0.29, 0.717) is 17.7 Å². The number of anilines is 1. The predicted octanol–water partition coefficient (Wildman–Crippen LogP) is 4.39. The molecule has 2 heterocycles. The summed E-state index contributed by atoms with van der Waals surface area (Å²) in [4.78, 5) is 8.89. The second kappa shape index (κ2) is 5.78. The van der Waals surface area contributed by atoms with Crippen LogP contribution in [-0.2, 0) is 0 Å². The summed E-state index contributed by atoms with van der Waals surface area (Å²) >= 11 is 0. The van der Waals surface area contributed by atoms with E-state index in [4.69, 9.17) is 8.94 Å². The van der Waals surface area contributed by atoms with Crippen LogP contribution in [0.25, 0.3) is 11.5 Å². The Balaban J connectivity index is 1.56. The van der Waals surface area contributed by atoms with Gasteiger partial charge in [-0.15, -0.1) is 0 Å². The van der Waals surface area contributed by atoms with Crippen LogP contribution in [0.3, 0.4) is 0 Å². The molecule has 0 radical (unpaired) electrons. The molecule has 0 saturated heterocycles. The molecule has 1 saturated carbocycles. The standard InChI is InChI=1S/C18H20N4O2/c1-10-4-5-14(18-19-11(2)9-23-18)8-15(10)20-12(3)17-21-16(22-24-17)13-6-7-13/h4-5,8-9,12-13,20H,6-7H2,1-3H3. The minimum atomic E-state index is -0.0646. The number of hydrogen-bond donors (Lipinski definition) is 1. The number of hydrogen-bond acceptors (Lipinski definition) is 6. The molecule has 0 aliphatic heterocycles. The Morgan fingerprint density at radius 2 is 2.04 bits per heavy atom. The van der Waals surface area contributed by atoms with Gasteiger partial charge >= 0.3 is 0 Å². The SMILES string of the molecule is Cc1coc(-c2ccc(C)c(NC(C)c3nc(C4CC4)no3)c2)n1. The first-order chi connectivity index (χ1) is 11.6. The fourth-order valence-corrected chi connectivity index (χ4v) is 2.62. The van der Waals surface area contributed by atoms with Gasteiger partial charge in [0.2, 0.25) is 11.8 Å². The van der Waals surface area contributed by atoms with Gasteiger partial charge in [-0.1, -0.05) is 11.2 Å². The summed E-state index contributed by atoms with van der Waals surface area (Å²) in [7, 11) is 0. The smallest absolute Gasteiger partial charge is 0.248 e. The molecule has 1 unspecified atom stereocenters. The average Bonchev–Trinajstić information content (AvgIpc) is 3.13. The van der Waals surface area contributed by atoms with Crippen LogP contribution in [0.1, 0.15) is 54.7 Å². The molecular weight excluding hydrogens is 304 g/mol. The summed E-state index contributed by atoms with van der Waals surface area (Å²) in [5.41, 5.74) is 3.94. The zero-order valence-electron chi connectivity index (χ0n) is 14.0. The van der Waals surface area contributed by atoms with Crippen molar-refractivity contribution in [2.24, 2.45) is 0 Å². The van der Waals surface area contributed by atoms with Crippen molar-refractivity contribution in [3.8, 4) is 11.5 Å². The lowest BCUT2D eigenvalue weighted by Crippen LogP contribution is -2.08. The largest absolute Gasteiger partial charge is 0.444 e. The highest BCUT2D eigenvalue weighted by molar-refractivity contribution is 5.64. The third kappa shape index (κ3) is 2.91. The normalized spacial score (nSPS) is 15.5. The van der Waals surface area contributed by atoms with E-state index in [0.717, 1.165) is 41.2 Å². The summed E-state index contributed by atoms with van der Waals surface area (Å²) in [6.07, 6.45) is 3.98. The average molecular weight is 324 g/mol. The van der Waals surface area contributed by atoms with E-state index < -0.39 is 0 Å². The zero-order chi connectivity index (χ0) is 16.7. The Morgan fingerprint density at radius 1 is 1.21 bits per heavy atom. The fraction of sp³-hybridized carbons (Fsp3) is 0.389. The van der Waals surface area contributed by atoms with Crippen molar-refractivity contribution in [3.05, 3.63) is 47.4 Å². The van der Waals surface area contributed by atoms with E-state index in [1.165, 1.54) is 0 Å². The van der Waals surface area contributed by atoms with Crippen molar-refractivity contribution in [3.63, 3.8) is 0 Å². The molecule has 24 heavy (non-hydrogen) atoms. The first kappa shape index (κ1) is 14.9. The highest BCUT2D eigenvalue weighted by Crippen LogP contribution is 2.38. The van der Waals surface area contributed by atoms with Crippen molar-refractivity contribution >= 4 is 5.69 Å². The van der Waals surface area contributed by atoms with Gasteiger partial charge < -0.3 is 14.3 Å². The van der Waals surface area contributed by atoms with Crippen LogP contribution in [0, 0.1) is 13.8 Å². The Hall–Kier alpha value is -2.63. The van der Waals surface area contributed by atoms with E-state index >= 15 is 0 Å². The van der Waals surface area contributed by atoms with Gasteiger partial charge in [0.15, 0.2) is 5.82 Å². The highest BCUT2D eigenvalue weighted by atomic mass is 16.5. The molecule has 1 aliphatic rings. The van der Waals surface area contributed by atoms with Gasteiger partial charge in [-0.25, -0.2) is 4.98 Å². The third-order valence-electron chi connectivity index (χ3n) is 4.25. The summed E-state index contributed by atoms with van der Waals surface area (Å²) in [5.74, 6) is 2.57. The predicted molar refractivity (Wildman–Crippen MR) is 89.7 cm³/mol. The van der Waals surface area contributed by atoms with Crippen LogP contribution < -0.4 is 5.32 Å². The monoisotopic (exact) mass is 324 g/mol. The lowest BCUT2D eigenvalue weighted by Gasteiger charge is -2.14. The molecule has 1 N–H and O–H groups in total. The van der Waals surface area contributed by atoms with Crippen LogP contribution in [0.5, 0.6) is 0 Å². The topological polar surface area (TPSA) is 77.0 Å². The van der Waals surface area contributed by atoms with Gasteiger partial charge in [0, 0.05) is 17.2 Å². The van der Waals surface area contributed by atoms with Gasteiger partial charge in [0.05, 0.1) is 5.69 Å². The number of benzene rings is 1. The minimum Gasteiger partial charge on any atom is -0.444 e. The molecule has 6 heteroatoms. The number of aryl methyl sites for hydroxylation is 2. The van der Waals surface area contributed by atoms with E-state index in [2.05, 4.69) is 27.4 Å². The van der Waals surface area contributed by atoms with E-state index in [1.54, 1.807) is 6.26 Å². The number of nitrogens with one attached hydrogen (secondary N) is 1. The summed E-state index contributed by atoms with van der Waals surface area (Å²) in [5, 5.41) is 7.53. The Morgan fingerprint density at radius 3 is 2.75 bits per heavy atom. The number of nitrogens with zero attached hydrogens (tertiary/aromatic N) is 3. The number of aromatic nitrogens is 3. The first-order valence-electron chi connectivity index (χ1n) is 8.23. The molecule has 1 atom stereocenters. The van der Waals surface area contributed by atoms with Crippen LogP contribution >= 0.6 is 0 Å². The molecule has 3 aromatic rings. The number of rotatable bonds is 5. The summed E-state index contributed by atoms with van der Waals surface area (Å²) in [6, 6.07) is 6.03. The molecule has 1 fully saturated rings. The van der Waals surface area contributed by atoms with E-state index in [9.17, 15) is 0 Å². The van der Waals surface area contributed by atoms with Crippen LogP contribution in [-0.4, -0.2) is 15.1 Å². The molecule has 2 aromatic heterocycles. The van der Waals surface area contributed by atoms with Crippen molar-refractivity contribution in [1.29, 1.82) is 0 Å². The molecule has 6 nitrogen and oxygen atoms in total. The maximum Gasteiger partial charge on any atom is 0.248 e. The van der Waals surface area contributed by atoms with Gasteiger partial charge in [-0.2, -0.15) is 4.98 Å². The summed E-state index contributed by atoms with van der Waals surface area (Å²) < 4.78 is 10.9. The lowest BCUT2D eigenvalue weighted by atomic mass is 10.1. The summed E-state index contributed by atoms with van der Waals surface area (Å²) in [6.45, 7) is 5.99. The molecule has 1 aromatic carbocycles. The van der Waals surface area contributed by atoms with E-state index in [1.807, 2.05) is 32.0 Å². The highest BCUT2D eigenvalue weighted by Gasteiger charge is 2.29. The maximum absolute atomic E-state index is 5.49. The molecule has 0 amide bonds. The molecule has 124 valence electrons. The lowest BCUT2D eigenvalue weighted by molar-refractivity contribution is 0.363. The molecule has 4 rings (SSSR count). The van der Waals surface area contributed by atoms with Gasteiger partial charge in [-0.3, -0.25) is 0 Å². The van der Waals surface area contributed by atoms with Crippen LogP contribution in [0.4, 0.5) is 5.69 Å². The van der Waals surface area contributed by atoms with Crippen LogP contribution in [0.15, 0.2) is 33.4 Å². The maximum atomic E-state index is 5.49. The van der Waals surface area contributed by atoms with Crippen molar-refractivity contribution in [1.82, 2.24) is 15.1 Å². The Labute approximate surface area is 140 Å². The molecule has 0 bridgehead atoms. The second-order valence-corrected chi connectivity index (χ2v) is 6.45. The Kier molecular flexibility index (Phi) is 3.59. The van der Waals surface area contributed by atoms with Gasteiger partial charge in [0.1, 0.15) is 12.3 Å². The van der Waals surface area contributed by atoms with Crippen molar-refractivity contribution in [2.75, 3.05) is 5.32 Å². The molecular formula is C18H20N4O2. The Bertz CT molecular complexity index is 864. The fourth-order valence-electron chi connectivity index (χ4n) is 2.62. The molecule has 0 spiro atoms. The van der Waals surface area contributed by atoms with Gasteiger partial charge in [0.25, 0.3) is 0 Å². The first-order valence-corrected chi connectivity index (χ1v) is 8.23. The van der Waals surface area contributed by atoms with E-state index in [-0.39, 0.29) is 6.04 Å². The van der Waals surface area contributed by atoms with Crippen molar-refractivity contribution in [2.45, 2.75) is 45.6 Å². The van der Waals surface area contributed by atoms with Gasteiger partial charge in [-0.05, 0) is 51.3 Å². The second-order valence-electron chi connectivity index (χ2n) is 6.45. The minimum absolute atomic E-state index is 0.0646. The van der Waals surface area contributed by atoms with Crippen molar-refractivity contribution < 1.29 is 8.94 Å².